The molecule has 20 heavy (non-hydrogen) atoms. The predicted molar refractivity (Wildman–Crippen MR) is 72.1 cm³/mol. The lowest BCUT2D eigenvalue weighted by Gasteiger charge is -2.12. The molecule has 0 aliphatic carbocycles. The number of hydrogen-bond acceptors (Lipinski definition) is 4. The minimum atomic E-state index is -3.84. The Hall–Kier alpha value is -1.47. The fraction of sp³-hybridized carbons (Fsp3) is 0.462. The number of sulfonamides is 1. The van der Waals surface area contributed by atoms with Crippen molar-refractivity contribution in [3.8, 4) is 0 Å². The smallest absolute Gasteiger partial charge is 0.309 e. The van der Waals surface area contributed by atoms with Crippen molar-refractivity contribution in [2.45, 2.75) is 25.7 Å². The molecule has 0 unspecified atom stereocenters. The number of halogens is 1. The predicted octanol–water partition coefficient (Wildman–Crippen LogP) is 1.61. The third-order valence-electron chi connectivity index (χ3n) is 2.72. The summed E-state index contributed by atoms with van der Waals surface area (Å²) in [6.07, 6.45) is 0. The summed E-state index contributed by atoms with van der Waals surface area (Å²) in [5, 5.41) is 0. The SMILES string of the molecule is CCOC(=O)[C@H](C)CNS(=O)(=O)c1ccc(C)c(F)c1. The zero-order valence-corrected chi connectivity index (χ0v) is 12.5. The molecule has 0 heterocycles. The first-order valence-corrected chi connectivity index (χ1v) is 7.68. The third-order valence-corrected chi connectivity index (χ3v) is 4.14. The standard InChI is InChI=1S/C13H18FNO4S/c1-4-19-13(16)10(3)8-15-20(17,18)11-6-5-9(2)12(14)7-11/h5-7,10,15H,4,8H2,1-3H3/t10-/m1/s1. The summed E-state index contributed by atoms with van der Waals surface area (Å²) in [6.45, 7) is 4.90. The van der Waals surface area contributed by atoms with Gasteiger partial charge in [-0.2, -0.15) is 0 Å². The maximum Gasteiger partial charge on any atom is 0.309 e. The van der Waals surface area contributed by atoms with E-state index in [1.807, 2.05) is 0 Å². The van der Waals surface area contributed by atoms with Gasteiger partial charge in [-0.25, -0.2) is 17.5 Å². The van der Waals surface area contributed by atoms with E-state index >= 15 is 0 Å². The molecule has 1 rings (SSSR count). The van der Waals surface area contributed by atoms with Crippen molar-refractivity contribution in [3.63, 3.8) is 0 Å². The maximum absolute atomic E-state index is 13.4. The van der Waals surface area contributed by atoms with E-state index in [4.69, 9.17) is 4.74 Å². The Morgan fingerprint density at radius 3 is 2.65 bits per heavy atom. The van der Waals surface area contributed by atoms with Crippen LogP contribution in [0.2, 0.25) is 0 Å². The third kappa shape index (κ3) is 4.28. The van der Waals surface area contributed by atoms with Crippen LogP contribution in [0.3, 0.4) is 0 Å². The lowest BCUT2D eigenvalue weighted by molar-refractivity contribution is -0.147. The van der Waals surface area contributed by atoms with Crippen LogP contribution in [0, 0.1) is 18.7 Å². The number of rotatable bonds is 6. The number of hydrogen-bond donors (Lipinski definition) is 1. The molecule has 112 valence electrons. The van der Waals surface area contributed by atoms with E-state index in [9.17, 15) is 17.6 Å². The van der Waals surface area contributed by atoms with Gasteiger partial charge >= 0.3 is 5.97 Å². The van der Waals surface area contributed by atoms with Gasteiger partial charge in [0.2, 0.25) is 10.0 Å². The van der Waals surface area contributed by atoms with Gasteiger partial charge in [0.15, 0.2) is 0 Å². The molecule has 7 heteroatoms. The molecule has 0 aromatic heterocycles. The molecule has 1 N–H and O–H groups in total. The first kappa shape index (κ1) is 16.6. The van der Waals surface area contributed by atoms with Crippen LogP contribution in [0.15, 0.2) is 23.1 Å². The molecular weight excluding hydrogens is 285 g/mol. The second-order valence-corrected chi connectivity index (χ2v) is 6.18. The largest absolute Gasteiger partial charge is 0.466 e. The van der Waals surface area contributed by atoms with E-state index in [-0.39, 0.29) is 18.0 Å². The van der Waals surface area contributed by atoms with Crippen molar-refractivity contribution < 1.29 is 22.3 Å². The van der Waals surface area contributed by atoms with Crippen molar-refractivity contribution in [1.29, 1.82) is 0 Å². The number of carbonyl (C=O) groups excluding carboxylic acids is 1. The first-order chi connectivity index (χ1) is 9.27. The molecule has 0 saturated carbocycles. The van der Waals surface area contributed by atoms with Crippen molar-refractivity contribution in [2.24, 2.45) is 5.92 Å². The van der Waals surface area contributed by atoms with Crippen LogP contribution in [0.25, 0.3) is 0 Å². The number of ether oxygens (including phenoxy) is 1. The molecule has 1 aromatic rings. The summed E-state index contributed by atoms with van der Waals surface area (Å²) in [7, 11) is -3.84. The normalized spacial score (nSPS) is 13.0. The highest BCUT2D eigenvalue weighted by molar-refractivity contribution is 7.89. The highest BCUT2D eigenvalue weighted by Crippen LogP contribution is 2.14. The summed E-state index contributed by atoms with van der Waals surface area (Å²) in [5.41, 5.74) is 0.365. The van der Waals surface area contributed by atoms with E-state index in [2.05, 4.69) is 4.72 Å². The molecule has 5 nitrogen and oxygen atoms in total. The topological polar surface area (TPSA) is 72.5 Å². The summed E-state index contributed by atoms with van der Waals surface area (Å²) in [6, 6.07) is 3.65. The molecule has 0 amide bonds. The van der Waals surface area contributed by atoms with Crippen LogP contribution in [0.1, 0.15) is 19.4 Å². The van der Waals surface area contributed by atoms with Gasteiger partial charge in [-0.15, -0.1) is 0 Å². The summed E-state index contributed by atoms with van der Waals surface area (Å²) in [4.78, 5) is 11.2. The van der Waals surface area contributed by atoms with Crippen LogP contribution < -0.4 is 4.72 Å². The quantitative estimate of drug-likeness (QED) is 0.810. The Labute approximate surface area is 118 Å². The number of nitrogens with one attached hydrogen (secondary N) is 1. The Kier molecular flexibility index (Phi) is 5.64. The van der Waals surface area contributed by atoms with Gasteiger partial charge in [0.25, 0.3) is 0 Å². The van der Waals surface area contributed by atoms with Crippen molar-refractivity contribution in [2.75, 3.05) is 13.2 Å². The zero-order valence-electron chi connectivity index (χ0n) is 11.6. The summed E-state index contributed by atoms with van der Waals surface area (Å²) in [5.74, 6) is -1.68. The second kappa shape index (κ2) is 6.81. The lowest BCUT2D eigenvalue weighted by atomic mass is 10.2. The van der Waals surface area contributed by atoms with E-state index in [1.165, 1.54) is 12.1 Å². The second-order valence-electron chi connectivity index (χ2n) is 4.42. The highest BCUT2D eigenvalue weighted by Gasteiger charge is 2.20. The Balaban J connectivity index is 2.75. The maximum atomic E-state index is 13.4. The monoisotopic (exact) mass is 303 g/mol. The molecule has 0 spiro atoms. The van der Waals surface area contributed by atoms with Gasteiger partial charge in [0.1, 0.15) is 5.82 Å². The average Bonchev–Trinajstić information content (AvgIpc) is 2.39. The van der Waals surface area contributed by atoms with E-state index in [0.29, 0.717) is 5.56 Å². The van der Waals surface area contributed by atoms with Crippen LogP contribution >= 0.6 is 0 Å². The van der Waals surface area contributed by atoms with Gasteiger partial charge in [-0.1, -0.05) is 13.0 Å². The lowest BCUT2D eigenvalue weighted by Crippen LogP contribution is -2.32. The number of carbonyl (C=O) groups is 1. The van der Waals surface area contributed by atoms with Crippen molar-refractivity contribution in [1.82, 2.24) is 4.72 Å². The van der Waals surface area contributed by atoms with Crippen LogP contribution in [-0.4, -0.2) is 27.5 Å². The Bertz CT molecular complexity index is 586. The van der Waals surface area contributed by atoms with Crippen LogP contribution in [-0.2, 0) is 19.6 Å². The molecule has 0 fully saturated rings. The molecule has 0 radical (unpaired) electrons. The van der Waals surface area contributed by atoms with Gasteiger partial charge in [-0.3, -0.25) is 4.79 Å². The first-order valence-electron chi connectivity index (χ1n) is 6.20. The van der Waals surface area contributed by atoms with Crippen molar-refractivity contribution >= 4 is 16.0 Å². The number of aryl methyl sites for hydroxylation is 1. The van der Waals surface area contributed by atoms with Gasteiger partial charge in [0.05, 0.1) is 17.4 Å². The fourth-order valence-corrected chi connectivity index (χ4v) is 2.57. The summed E-state index contributed by atoms with van der Waals surface area (Å²) < 4.78 is 44.3. The van der Waals surface area contributed by atoms with Crippen LogP contribution in [0.4, 0.5) is 4.39 Å². The van der Waals surface area contributed by atoms with Gasteiger partial charge < -0.3 is 4.74 Å². The highest BCUT2D eigenvalue weighted by atomic mass is 32.2. The van der Waals surface area contributed by atoms with E-state index < -0.39 is 27.7 Å². The summed E-state index contributed by atoms with van der Waals surface area (Å²) >= 11 is 0. The Morgan fingerprint density at radius 2 is 2.10 bits per heavy atom. The minimum absolute atomic E-state index is 0.101. The molecule has 0 aliphatic heterocycles. The van der Waals surface area contributed by atoms with Crippen LogP contribution in [0.5, 0.6) is 0 Å². The van der Waals surface area contributed by atoms with Crippen molar-refractivity contribution in [3.05, 3.63) is 29.6 Å². The average molecular weight is 303 g/mol. The number of esters is 1. The minimum Gasteiger partial charge on any atom is -0.466 e. The molecule has 0 aliphatic rings. The Morgan fingerprint density at radius 1 is 1.45 bits per heavy atom. The molecule has 1 atom stereocenters. The van der Waals surface area contributed by atoms with E-state index in [1.54, 1.807) is 20.8 Å². The zero-order chi connectivity index (χ0) is 15.3. The molecule has 0 bridgehead atoms. The number of benzene rings is 1. The molecular formula is C13H18FNO4S. The van der Waals surface area contributed by atoms with E-state index in [0.717, 1.165) is 6.07 Å². The van der Waals surface area contributed by atoms with Gasteiger partial charge in [-0.05, 0) is 31.5 Å². The van der Waals surface area contributed by atoms with Gasteiger partial charge in [0, 0.05) is 6.54 Å². The molecule has 1 aromatic carbocycles. The fourth-order valence-electron chi connectivity index (χ4n) is 1.43. The molecule has 0 saturated heterocycles.